The number of ether oxygens (including phenoxy) is 2. The van der Waals surface area contributed by atoms with Gasteiger partial charge in [-0.2, -0.15) is 0 Å². The number of hydrogen-bond donors (Lipinski definition) is 1. The molecular weight excluding hydrogens is 530 g/mol. The van der Waals surface area contributed by atoms with Crippen LogP contribution >= 0.6 is 23.4 Å². The second kappa shape index (κ2) is 12.9. The van der Waals surface area contributed by atoms with Gasteiger partial charge in [-0.15, -0.1) is 0 Å². The molecule has 1 N–H and O–H groups in total. The van der Waals surface area contributed by atoms with E-state index in [4.69, 9.17) is 21.1 Å². The minimum atomic E-state index is -0.589. The molecule has 3 amide bonds. The molecule has 0 unspecified atom stereocenters. The van der Waals surface area contributed by atoms with Gasteiger partial charge < -0.3 is 19.7 Å². The van der Waals surface area contributed by atoms with E-state index in [1.807, 2.05) is 31.2 Å². The first-order chi connectivity index (χ1) is 18.4. The molecule has 11 heteroatoms. The topological polar surface area (TPSA) is 105 Å². The van der Waals surface area contributed by atoms with Crippen LogP contribution in [0.2, 0.25) is 5.02 Å². The number of unbranched alkanes of at least 4 members (excludes halogenated alkanes) is 1. The molecule has 0 aromatic heterocycles. The number of anilines is 2. The molecule has 0 bridgehead atoms. The number of benzene rings is 2. The van der Waals surface area contributed by atoms with Crippen molar-refractivity contribution in [3.8, 4) is 0 Å². The Morgan fingerprint density at radius 2 is 1.87 bits per heavy atom. The Balaban J connectivity index is 1.37. The fraction of sp³-hybridized carbons (Fsp3) is 0.333. The molecule has 9 nitrogen and oxygen atoms in total. The van der Waals surface area contributed by atoms with Gasteiger partial charge in [0.15, 0.2) is 0 Å². The first kappa shape index (κ1) is 27.7. The normalized spacial score (nSPS) is 16.7. The van der Waals surface area contributed by atoms with Gasteiger partial charge in [-0.05, 0) is 60.2 Å². The summed E-state index contributed by atoms with van der Waals surface area (Å²) in [7, 11) is 0. The van der Waals surface area contributed by atoms with Crippen LogP contribution in [-0.4, -0.2) is 67.4 Å². The minimum absolute atomic E-state index is 0.120. The maximum absolute atomic E-state index is 12.9. The van der Waals surface area contributed by atoms with Crippen molar-refractivity contribution in [3.05, 3.63) is 63.5 Å². The molecule has 0 saturated carbocycles. The van der Waals surface area contributed by atoms with Crippen LogP contribution in [0.1, 0.15) is 35.7 Å². The van der Waals surface area contributed by atoms with Crippen LogP contribution in [0.15, 0.2) is 47.4 Å². The molecule has 2 saturated heterocycles. The van der Waals surface area contributed by atoms with Gasteiger partial charge in [-0.1, -0.05) is 37.1 Å². The number of nitrogens with zero attached hydrogens (tertiary/aromatic N) is 2. The number of morpholine rings is 1. The third-order valence-electron chi connectivity index (χ3n) is 5.94. The van der Waals surface area contributed by atoms with Gasteiger partial charge in [0.05, 0.1) is 35.3 Å². The van der Waals surface area contributed by atoms with Crippen molar-refractivity contribution in [1.82, 2.24) is 4.90 Å². The molecule has 4 rings (SSSR count). The van der Waals surface area contributed by atoms with Gasteiger partial charge >= 0.3 is 5.97 Å². The summed E-state index contributed by atoms with van der Waals surface area (Å²) in [5.74, 6) is -1.71. The van der Waals surface area contributed by atoms with E-state index in [0.717, 1.165) is 53.8 Å². The van der Waals surface area contributed by atoms with E-state index in [1.165, 1.54) is 18.2 Å². The zero-order chi connectivity index (χ0) is 27.1. The fourth-order valence-corrected chi connectivity index (χ4v) is 4.91. The highest BCUT2D eigenvalue weighted by molar-refractivity contribution is 8.18. The summed E-state index contributed by atoms with van der Waals surface area (Å²) in [6, 6.07) is 12.1. The van der Waals surface area contributed by atoms with Gasteiger partial charge in [0, 0.05) is 24.5 Å². The molecule has 38 heavy (non-hydrogen) atoms. The van der Waals surface area contributed by atoms with Crippen molar-refractivity contribution in [3.63, 3.8) is 0 Å². The van der Waals surface area contributed by atoms with Crippen molar-refractivity contribution >= 4 is 63.8 Å². The van der Waals surface area contributed by atoms with Crippen LogP contribution in [0.3, 0.4) is 0 Å². The monoisotopic (exact) mass is 557 g/mol. The van der Waals surface area contributed by atoms with Gasteiger partial charge in [0.2, 0.25) is 5.91 Å². The molecule has 2 aromatic rings. The van der Waals surface area contributed by atoms with Crippen LogP contribution in [-0.2, 0) is 19.1 Å². The Kier molecular flexibility index (Phi) is 9.43. The maximum Gasteiger partial charge on any atom is 0.339 e. The van der Waals surface area contributed by atoms with Crippen LogP contribution in [0.4, 0.5) is 16.2 Å². The second-order valence-corrected chi connectivity index (χ2v) is 10.1. The van der Waals surface area contributed by atoms with E-state index in [1.54, 1.807) is 6.08 Å². The molecule has 0 aliphatic carbocycles. The predicted octanol–water partition coefficient (Wildman–Crippen LogP) is 4.81. The van der Waals surface area contributed by atoms with Crippen molar-refractivity contribution < 1.29 is 28.7 Å². The number of rotatable bonds is 9. The number of thioether (sulfide) groups is 1. The summed E-state index contributed by atoms with van der Waals surface area (Å²) in [6.45, 7) is 4.81. The number of carbonyl (C=O) groups is 4. The first-order valence-corrected chi connectivity index (χ1v) is 13.5. The Morgan fingerprint density at radius 1 is 1.13 bits per heavy atom. The molecule has 2 fully saturated rings. The number of esters is 1. The Bertz CT molecular complexity index is 1240. The summed E-state index contributed by atoms with van der Waals surface area (Å²) in [5, 5.41) is 2.27. The zero-order valence-corrected chi connectivity index (χ0v) is 22.5. The van der Waals surface area contributed by atoms with Gasteiger partial charge in [-0.25, -0.2) is 4.79 Å². The summed E-state index contributed by atoms with van der Waals surface area (Å²) in [5.41, 5.74) is 2.25. The molecule has 0 spiro atoms. The zero-order valence-electron chi connectivity index (χ0n) is 20.9. The summed E-state index contributed by atoms with van der Waals surface area (Å²) in [4.78, 5) is 53.7. The van der Waals surface area contributed by atoms with E-state index in [0.29, 0.717) is 18.9 Å². The summed E-state index contributed by atoms with van der Waals surface area (Å²) < 4.78 is 10.6. The number of hydrogen-bond acceptors (Lipinski definition) is 8. The van der Waals surface area contributed by atoms with Gasteiger partial charge in [0.25, 0.3) is 11.1 Å². The maximum atomic E-state index is 12.9. The molecule has 2 heterocycles. The standard InChI is InChI=1S/C27H28ClN3O6S/c1-2-3-12-37-26(34)21-16-19(6-9-22(21)28)29-24(32)17-31-25(33)23(38-27(31)35)15-18-4-7-20(8-5-18)30-10-13-36-14-11-30/h4-9,15-16H,2-3,10-14,17H2,1H3,(H,29,32)/b23-15+. The molecule has 200 valence electrons. The van der Waals surface area contributed by atoms with Gasteiger partial charge in [-0.3, -0.25) is 19.3 Å². The summed E-state index contributed by atoms with van der Waals surface area (Å²) >= 11 is 6.91. The van der Waals surface area contributed by atoms with Crippen LogP contribution < -0.4 is 10.2 Å². The lowest BCUT2D eigenvalue weighted by Gasteiger charge is -2.28. The molecule has 2 aliphatic heterocycles. The van der Waals surface area contributed by atoms with Crippen molar-refractivity contribution in [2.45, 2.75) is 19.8 Å². The predicted molar refractivity (Wildman–Crippen MR) is 147 cm³/mol. The van der Waals surface area contributed by atoms with Gasteiger partial charge in [0.1, 0.15) is 6.54 Å². The number of carbonyl (C=O) groups excluding carboxylic acids is 4. The summed E-state index contributed by atoms with van der Waals surface area (Å²) in [6.07, 6.45) is 3.24. The SMILES string of the molecule is CCCCOC(=O)c1cc(NC(=O)CN2C(=O)S/C(=C/c3ccc(N4CCOCC4)cc3)C2=O)ccc1Cl. The Labute approximate surface area is 230 Å². The van der Waals surface area contributed by atoms with Crippen molar-refractivity contribution in [1.29, 1.82) is 0 Å². The molecule has 0 atom stereocenters. The third kappa shape index (κ3) is 6.94. The molecule has 2 aliphatic rings. The van der Waals surface area contributed by atoms with E-state index >= 15 is 0 Å². The smallest absolute Gasteiger partial charge is 0.339 e. The van der Waals surface area contributed by atoms with Crippen LogP contribution in [0.25, 0.3) is 6.08 Å². The highest BCUT2D eigenvalue weighted by atomic mass is 35.5. The van der Waals surface area contributed by atoms with E-state index in [9.17, 15) is 19.2 Å². The van der Waals surface area contributed by atoms with Crippen LogP contribution in [0.5, 0.6) is 0 Å². The lowest BCUT2D eigenvalue weighted by molar-refractivity contribution is -0.127. The lowest BCUT2D eigenvalue weighted by atomic mass is 10.1. The number of imide groups is 1. The Hall–Kier alpha value is -3.34. The molecule has 2 aromatic carbocycles. The third-order valence-corrected chi connectivity index (χ3v) is 7.18. The largest absolute Gasteiger partial charge is 0.462 e. The van der Waals surface area contributed by atoms with E-state index < -0.39 is 29.6 Å². The van der Waals surface area contributed by atoms with Crippen molar-refractivity contribution in [2.75, 3.05) is 49.7 Å². The highest BCUT2D eigenvalue weighted by Gasteiger charge is 2.36. The second-order valence-electron chi connectivity index (χ2n) is 8.69. The quantitative estimate of drug-likeness (QED) is 0.266. The minimum Gasteiger partial charge on any atom is -0.462 e. The number of amides is 3. The van der Waals surface area contributed by atoms with Crippen LogP contribution in [0, 0.1) is 0 Å². The average molecular weight is 558 g/mol. The highest BCUT2D eigenvalue weighted by Crippen LogP contribution is 2.32. The number of halogens is 1. The number of nitrogens with one attached hydrogen (secondary N) is 1. The van der Waals surface area contributed by atoms with Crippen molar-refractivity contribution in [2.24, 2.45) is 0 Å². The first-order valence-electron chi connectivity index (χ1n) is 12.3. The average Bonchev–Trinajstić information content (AvgIpc) is 3.18. The van der Waals surface area contributed by atoms with E-state index in [2.05, 4.69) is 10.2 Å². The van der Waals surface area contributed by atoms with E-state index in [-0.39, 0.29) is 22.1 Å². The fourth-order valence-electron chi connectivity index (χ4n) is 3.88. The molecular formula is C27H28ClN3O6S. The Morgan fingerprint density at radius 3 is 2.58 bits per heavy atom. The lowest BCUT2D eigenvalue weighted by Crippen LogP contribution is -2.36. The molecule has 0 radical (unpaired) electrons.